The molecule has 1 saturated carbocycles. The van der Waals surface area contributed by atoms with Gasteiger partial charge in [-0.1, -0.05) is 12.2 Å². The van der Waals surface area contributed by atoms with Crippen molar-refractivity contribution >= 4 is 0 Å². The van der Waals surface area contributed by atoms with Gasteiger partial charge >= 0.3 is 0 Å². The summed E-state index contributed by atoms with van der Waals surface area (Å²) in [5.41, 5.74) is 0. The zero-order valence-electron chi connectivity index (χ0n) is 5.26. The zero-order chi connectivity index (χ0) is 5.82. The molecule has 0 aromatic rings. The summed E-state index contributed by atoms with van der Waals surface area (Å²) >= 11 is 0. The molecule has 46 valence electrons. The van der Waals surface area contributed by atoms with Crippen molar-refractivity contribution in [3.63, 3.8) is 0 Å². The van der Waals surface area contributed by atoms with Crippen molar-refractivity contribution in [2.45, 2.75) is 12.8 Å². The molecule has 0 unspecified atom stereocenters. The van der Waals surface area contributed by atoms with Crippen LogP contribution in [0.3, 0.4) is 0 Å². The topological polar surface area (TPSA) is 9.23 Å². The molecule has 0 saturated heterocycles. The van der Waals surface area contributed by atoms with E-state index in [-0.39, 0.29) is 0 Å². The predicted octanol–water partition coefficient (Wildman–Crippen LogP) is 1.60. The third kappa shape index (κ3) is 2.12. The van der Waals surface area contributed by atoms with Gasteiger partial charge in [-0.25, -0.2) is 0 Å². The Labute approximate surface area is 50.3 Å². The molecule has 0 N–H and O–H groups in total. The Morgan fingerprint density at radius 1 is 1.62 bits per heavy atom. The van der Waals surface area contributed by atoms with Gasteiger partial charge in [0.2, 0.25) is 0 Å². The minimum atomic E-state index is 0.774. The maximum Gasteiger partial charge on any atom is 0.0643 e. The van der Waals surface area contributed by atoms with Crippen LogP contribution in [-0.4, -0.2) is 13.7 Å². The first-order valence-electron chi connectivity index (χ1n) is 3.09. The maximum atomic E-state index is 4.83. The fourth-order valence-corrected chi connectivity index (χ4v) is 0.633. The first-order chi connectivity index (χ1) is 3.93. The Morgan fingerprint density at radius 3 is 2.88 bits per heavy atom. The molecule has 0 atom stereocenters. The zero-order valence-corrected chi connectivity index (χ0v) is 5.26. The second-order valence-electron chi connectivity index (χ2n) is 2.22. The van der Waals surface area contributed by atoms with Crippen LogP contribution < -0.4 is 0 Å². The van der Waals surface area contributed by atoms with Gasteiger partial charge in [-0.05, 0) is 18.8 Å². The third-order valence-electron chi connectivity index (χ3n) is 1.29. The lowest BCUT2D eigenvalue weighted by Gasteiger charge is -1.84. The van der Waals surface area contributed by atoms with Crippen LogP contribution in [0.2, 0.25) is 0 Å². The number of hydrogen-bond acceptors (Lipinski definition) is 1. The number of hydrogen-bond donors (Lipinski definition) is 0. The van der Waals surface area contributed by atoms with E-state index in [4.69, 9.17) is 4.74 Å². The molecule has 0 radical (unpaired) electrons. The number of allylic oxidation sites excluding steroid dienone is 1. The molecule has 1 heteroatoms. The van der Waals surface area contributed by atoms with Crippen LogP contribution in [-0.2, 0) is 4.74 Å². The van der Waals surface area contributed by atoms with Crippen molar-refractivity contribution in [2.24, 2.45) is 5.92 Å². The molecule has 0 spiro atoms. The number of methoxy groups -OCH3 is 1. The highest BCUT2D eigenvalue weighted by molar-refractivity contribution is 4.95. The Balaban J connectivity index is 1.96. The molecule has 1 fully saturated rings. The van der Waals surface area contributed by atoms with Gasteiger partial charge in [0.25, 0.3) is 0 Å². The van der Waals surface area contributed by atoms with E-state index in [0.717, 1.165) is 12.5 Å². The van der Waals surface area contributed by atoms with Crippen molar-refractivity contribution in [1.29, 1.82) is 0 Å². The third-order valence-corrected chi connectivity index (χ3v) is 1.29. The van der Waals surface area contributed by atoms with Gasteiger partial charge < -0.3 is 4.74 Å². The van der Waals surface area contributed by atoms with Gasteiger partial charge in [-0.3, -0.25) is 0 Å². The maximum absolute atomic E-state index is 4.83. The molecule has 0 aliphatic heterocycles. The van der Waals surface area contributed by atoms with Crippen LogP contribution >= 0.6 is 0 Å². The quantitative estimate of drug-likeness (QED) is 0.504. The number of ether oxygens (including phenoxy) is 1. The highest BCUT2D eigenvalue weighted by Gasteiger charge is 2.16. The van der Waals surface area contributed by atoms with Gasteiger partial charge in [-0.2, -0.15) is 0 Å². The summed E-state index contributed by atoms with van der Waals surface area (Å²) in [4.78, 5) is 0. The average Bonchev–Trinajstić information content (AvgIpc) is 2.51. The van der Waals surface area contributed by atoms with Crippen LogP contribution in [0.1, 0.15) is 12.8 Å². The smallest absolute Gasteiger partial charge is 0.0643 e. The lowest BCUT2D eigenvalue weighted by Crippen LogP contribution is -1.79. The van der Waals surface area contributed by atoms with Crippen molar-refractivity contribution in [3.8, 4) is 0 Å². The first-order valence-corrected chi connectivity index (χ1v) is 3.09. The molecule has 1 nitrogen and oxygen atoms in total. The van der Waals surface area contributed by atoms with Crippen molar-refractivity contribution in [1.82, 2.24) is 0 Å². The van der Waals surface area contributed by atoms with Crippen molar-refractivity contribution in [3.05, 3.63) is 12.2 Å². The monoisotopic (exact) mass is 112 g/mol. The standard InChI is InChI=1S/C7H12O/c1-8-6-2-3-7-4-5-7/h2-3,7H,4-6H2,1H3/b3-2+. The predicted molar refractivity (Wildman–Crippen MR) is 33.7 cm³/mol. The highest BCUT2D eigenvalue weighted by atomic mass is 16.5. The molecule has 1 rings (SSSR count). The molecule has 0 heterocycles. The summed E-state index contributed by atoms with van der Waals surface area (Å²) in [6, 6.07) is 0. The Bertz CT molecular complexity index is 82.4. The molecule has 0 bridgehead atoms. The normalized spacial score (nSPS) is 20.1. The van der Waals surface area contributed by atoms with Gasteiger partial charge in [0.15, 0.2) is 0 Å². The van der Waals surface area contributed by atoms with Crippen LogP contribution in [0, 0.1) is 5.92 Å². The molecule has 0 aromatic heterocycles. The van der Waals surface area contributed by atoms with Gasteiger partial charge in [-0.15, -0.1) is 0 Å². The molecule has 0 aromatic carbocycles. The number of rotatable bonds is 3. The van der Waals surface area contributed by atoms with E-state index < -0.39 is 0 Å². The first kappa shape index (κ1) is 5.83. The van der Waals surface area contributed by atoms with E-state index in [9.17, 15) is 0 Å². The lowest BCUT2D eigenvalue weighted by atomic mass is 10.4. The van der Waals surface area contributed by atoms with E-state index in [2.05, 4.69) is 12.2 Å². The van der Waals surface area contributed by atoms with Gasteiger partial charge in [0.05, 0.1) is 6.61 Å². The van der Waals surface area contributed by atoms with Gasteiger partial charge in [0.1, 0.15) is 0 Å². The SMILES string of the molecule is COC/C=C/C1CC1. The largest absolute Gasteiger partial charge is 0.381 e. The summed E-state index contributed by atoms with van der Waals surface area (Å²) in [6.45, 7) is 0.774. The van der Waals surface area contributed by atoms with Crippen LogP contribution in [0.4, 0.5) is 0 Å². The molecular formula is C7H12O. The van der Waals surface area contributed by atoms with Gasteiger partial charge in [0, 0.05) is 7.11 Å². The van der Waals surface area contributed by atoms with E-state index in [1.165, 1.54) is 12.8 Å². The lowest BCUT2D eigenvalue weighted by molar-refractivity contribution is 0.233. The molecule has 8 heavy (non-hydrogen) atoms. The van der Waals surface area contributed by atoms with Crippen LogP contribution in [0.25, 0.3) is 0 Å². The summed E-state index contributed by atoms with van der Waals surface area (Å²) < 4.78 is 4.83. The fraction of sp³-hybridized carbons (Fsp3) is 0.714. The Morgan fingerprint density at radius 2 is 2.38 bits per heavy atom. The highest BCUT2D eigenvalue weighted by Crippen LogP contribution is 2.29. The Kier molecular flexibility index (Phi) is 2.10. The minimum absolute atomic E-state index is 0.774. The average molecular weight is 112 g/mol. The summed E-state index contributed by atoms with van der Waals surface area (Å²) in [5.74, 6) is 0.894. The van der Waals surface area contributed by atoms with Crippen LogP contribution in [0.15, 0.2) is 12.2 Å². The fourth-order valence-electron chi connectivity index (χ4n) is 0.633. The van der Waals surface area contributed by atoms with Crippen molar-refractivity contribution < 1.29 is 4.74 Å². The minimum Gasteiger partial charge on any atom is -0.381 e. The summed E-state index contributed by atoms with van der Waals surface area (Å²) in [5, 5.41) is 0. The summed E-state index contributed by atoms with van der Waals surface area (Å²) in [7, 11) is 1.72. The van der Waals surface area contributed by atoms with Crippen LogP contribution in [0.5, 0.6) is 0 Å². The molecule has 1 aliphatic rings. The van der Waals surface area contributed by atoms with E-state index in [0.29, 0.717) is 0 Å². The van der Waals surface area contributed by atoms with E-state index in [1.54, 1.807) is 7.11 Å². The molecule has 0 amide bonds. The van der Waals surface area contributed by atoms with Crippen molar-refractivity contribution in [2.75, 3.05) is 13.7 Å². The van der Waals surface area contributed by atoms with E-state index >= 15 is 0 Å². The molecular weight excluding hydrogens is 100 g/mol. The summed E-state index contributed by atoms with van der Waals surface area (Å²) in [6.07, 6.45) is 7.11. The Hall–Kier alpha value is -0.300. The second kappa shape index (κ2) is 2.88. The molecule has 1 aliphatic carbocycles. The van der Waals surface area contributed by atoms with E-state index in [1.807, 2.05) is 0 Å². The second-order valence-corrected chi connectivity index (χ2v) is 2.22.